The smallest absolute Gasteiger partial charge is 0.108 e. The third kappa shape index (κ3) is 2.35. The van der Waals surface area contributed by atoms with Crippen LogP contribution in [0.5, 0.6) is 0 Å². The SMILES string of the molecule is C#CCNCc1nc2ccc(C)cc2s1. The predicted molar refractivity (Wildman–Crippen MR) is 64.9 cm³/mol. The van der Waals surface area contributed by atoms with Crippen molar-refractivity contribution in [3.63, 3.8) is 0 Å². The zero-order valence-electron chi connectivity index (χ0n) is 8.58. The Kier molecular flexibility index (Phi) is 3.00. The van der Waals surface area contributed by atoms with Gasteiger partial charge in [0.2, 0.25) is 0 Å². The molecule has 0 saturated heterocycles. The third-order valence-corrected chi connectivity index (χ3v) is 3.11. The van der Waals surface area contributed by atoms with Gasteiger partial charge in [0.1, 0.15) is 5.01 Å². The molecule has 1 aromatic heterocycles. The molecule has 0 amide bonds. The first kappa shape index (κ1) is 10.2. The second-order valence-electron chi connectivity index (χ2n) is 3.39. The van der Waals surface area contributed by atoms with Crippen LogP contribution in [0.2, 0.25) is 0 Å². The number of nitrogens with zero attached hydrogens (tertiary/aromatic N) is 1. The highest BCUT2D eigenvalue weighted by atomic mass is 32.1. The van der Waals surface area contributed by atoms with Gasteiger partial charge in [0.15, 0.2) is 0 Å². The zero-order chi connectivity index (χ0) is 10.7. The number of fused-ring (bicyclic) bond motifs is 1. The molecule has 0 saturated carbocycles. The van der Waals surface area contributed by atoms with E-state index in [1.807, 2.05) is 0 Å². The largest absolute Gasteiger partial charge is 0.300 e. The van der Waals surface area contributed by atoms with Crippen molar-refractivity contribution in [2.24, 2.45) is 0 Å². The third-order valence-electron chi connectivity index (χ3n) is 2.09. The van der Waals surface area contributed by atoms with E-state index in [0.29, 0.717) is 6.54 Å². The predicted octanol–water partition coefficient (Wildman–Crippen LogP) is 2.33. The first-order valence-corrected chi connectivity index (χ1v) is 5.61. The monoisotopic (exact) mass is 216 g/mol. The number of rotatable bonds is 3. The summed E-state index contributed by atoms with van der Waals surface area (Å²) in [4.78, 5) is 4.51. The summed E-state index contributed by atoms with van der Waals surface area (Å²) >= 11 is 1.72. The van der Waals surface area contributed by atoms with Crippen molar-refractivity contribution in [3.8, 4) is 12.3 Å². The molecule has 1 N–H and O–H groups in total. The number of hydrogen-bond acceptors (Lipinski definition) is 3. The summed E-state index contributed by atoms with van der Waals surface area (Å²) in [5.41, 5.74) is 2.34. The molecule has 15 heavy (non-hydrogen) atoms. The summed E-state index contributed by atoms with van der Waals surface area (Å²) in [7, 11) is 0. The highest BCUT2D eigenvalue weighted by Gasteiger charge is 2.02. The fraction of sp³-hybridized carbons (Fsp3) is 0.250. The summed E-state index contributed by atoms with van der Waals surface area (Å²) in [6.07, 6.45) is 5.16. The zero-order valence-corrected chi connectivity index (χ0v) is 9.40. The maximum Gasteiger partial charge on any atom is 0.108 e. The Morgan fingerprint density at radius 3 is 3.20 bits per heavy atom. The summed E-state index contributed by atoms with van der Waals surface area (Å²) in [6, 6.07) is 6.31. The number of thiazole rings is 1. The molecule has 2 aromatic rings. The van der Waals surface area contributed by atoms with Crippen LogP contribution in [-0.2, 0) is 6.54 Å². The maximum absolute atomic E-state index is 5.16. The molecule has 0 aliphatic rings. The van der Waals surface area contributed by atoms with Crippen molar-refractivity contribution in [3.05, 3.63) is 28.8 Å². The van der Waals surface area contributed by atoms with Crippen LogP contribution >= 0.6 is 11.3 Å². The van der Waals surface area contributed by atoms with E-state index in [1.165, 1.54) is 10.3 Å². The van der Waals surface area contributed by atoms with Crippen LogP contribution in [-0.4, -0.2) is 11.5 Å². The molecule has 1 heterocycles. The van der Waals surface area contributed by atoms with E-state index in [9.17, 15) is 0 Å². The van der Waals surface area contributed by atoms with Gasteiger partial charge in [-0.05, 0) is 24.6 Å². The molecule has 0 bridgehead atoms. The fourth-order valence-electron chi connectivity index (χ4n) is 1.40. The highest BCUT2D eigenvalue weighted by molar-refractivity contribution is 7.18. The van der Waals surface area contributed by atoms with Crippen molar-refractivity contribution >= 4 is 21.6 Å². The van der Waals surface area contributed by atoms with E-state index < -0.39 is 0 Å². The number of aromatic nitrogens is 1. The highest BCUT2D eigenvalue weighted by Crippen LogP contribution is 2.22. The number of hydrogen-bond donors (Lipinski definition) is 1. The van der Waals surface area contributed by atoms with Crippen LogP contribution in [0.15, 0.2) is 18.2 Å². The average molecular weight is 216 g/mol. The molecule has 0 radical (unpaired) electrons. The lowest BCUT2D eigenvalue weighted by Crippen LogP contribution is -2.12. The first-order chi connectivity index (χ1) is 7.29. The lowest BCUT2D eigenvalue weighted by molar-refractivity contribution is 0.766. The molecule has 0 atom stereocenters. The van der Waals surface area contributed by atoms with Crippen LogP contribution in [0.3, 0.4) is 0 Å². The van der Waals surface area contributed by atoms with Crippen molar-refractivity contribution in [1.29, 1.82) is 0 Å². The van der Waals surface area contributed by atoms with Crippen LogP contribution in [0.4, 0.5) is 0 Å². The maximum atomic E-state index is 5.16. The van der Waals surface area contributed by atoms with Gasteiger partial charge in [0, 0.05) is 6.54 Å². The second kappa shape index (κ2) is 4.43. The summed E-state index contributed by atoms with van der Waals surface area (Å²) in [5, 5.41) is 4.23. The lowest BCUT2D eigenvalue weighted by atomic mass is 10.2. The Labute approximate surface area is 93.3 Å². The van der Waals surface area contributed by atoms with Gasteiger partial charge in [-0.2, -0.15) is 0 Å². The van der Waals surface area contributed by atoms with E-state index in [1.54, 1.807) is 11.3 Å². The van der Waals surface area contributed by atoms with Crippen LogP contribution in [0.1, 0.15) is 10.6 Å². The van der Waals surface area contributed by atoms with Crippen molar-refractivity contribution in [2.45, 2.75) is 13.5 Å². The van der Waals surface area contributed by atoms with Crippen molar-refractivity contribution < 1.29 is 0 Å². The molecule has 0 unspecified atom stereocenters. The van der Waals surface area contributed by atoms with Crippen LogP contribution in [0, 0.1) is 19.3 Å². The summed E-state index contributed by atoms with van der Waals surface area (Å²) in [5.74, 6) is 2.55. The Bertz CT molecular complexity index is 508. The molecule has 3 heteroatoms. The molecule has 0 aliphatic heterocycles. The minimum Gasteiger partial charge on any atom is -0.300 e. The van der Waals surface area contributed by atoms with Gasteiger partial charge < -0.3 is 0 Å². The van der Waals surface area contributed by atoms with E-state index in [0.717, 1.165) is 17.1 Å². The van der Waals surface area contributed by atoms with Gasteiger partial charge in [-0.25, -0.2) is 4.98 Å². The van der Waals surface area contributed by atoms with Gasteiger partial charge in [-0.15, -0.1) is 17.8 Å². The van der Waals surface area contributed by atoms with Gasteiger partial charge in [0.05, 0.1) is 16.8 Å². The summed E-state index contributed by atoms with van der Waals surface area (Å²) < 4.78 is 1.24. The van der Waals surface area contributed by atoms with Crippen LogP contribution < -0.4 is 5.32 Å². The number of benzene rings is 1. The second-order valence-corrected chi connectivity index (χ2v) is 4.50. The van der Waals surface area contributed by atoms with Gasteiger partial charge in [-0.3, -0.25) is 5.32 Å². The van der Waals surface area contributed by atoms with Gasteiger partial charge in [0.25, 0.3) is 0 Å². The van der Waals surface area contributed by atoms with E-state index >= 15 is 0 Å². The number of terminal acetylenes is 1. The van der Waals surface area contributed by atoms with Crippen molar-refractivity contribution in [1.82, 2.24) is 10.3 Å². The number of nitrogens with one attached hydrogen (secondary N) is 1. The molecule has 0 spiro atoms. The quantitative estimate of drug-likeness (QED) is 0.629. The standard InChI is InChI=1S/C12H12N2S/c1-3-6-13-8-12-14-10-5-4-9(2)7-11(10)15-12/h1,4-5,7,13H,6,8H2,2H3. The average Bonchev–Trinajstić information content (AvgIpc) is 2.60. The molecular weight excluding hydrogens is 204 g/mol. The lowest BCUT2D eigenvalue weighted by Gasteiger charge is -1.93. The molecule has 2 rings (SSSR count). The Morgan fingerprint density at radius 2 is 2.40 bits per heavy atom. The van der Waals surface area contributed by atoms with Gasteiger partial charge in [-0.1, -0.05) is 12.0 Å². The topological polar surface area (TPSA) is 24.9 Å². The Balaban J connectivity index is 2.20. The molecule has 0 aliphatic carbocycles. The van der Waals surface area contributed by atoms with E-state index in [2.05, 4.69) is 41.3 Å². The van der Waals surface area contributed by atoms with Gasteiger partial charge >= 0.3 is 0 Å². The number of aryl methyl sites for hydroxylation is 1. The fourth-order valence-corrected chi connectivity index (χ4v) is 2.43. The molecule has 76 valence electrons. The minimum atomic E-state index is 0.592. The molecule has 1 aromatic carbocycles. The van der Waals surface area contributed by atoms with Crippen LogP contribution in [0.25, 0.3) is 10.2 Å². The Morgan fingerprint density at radius 1 is 1.53 bits per heavy atom. The van der Waals surface area contributed by atoms with E-state index in [-0.39, 0.29) is 0 Å². The summed E-state index contributed by atoms with van der Waals surface area (Å²) in [6.45, 7) is 3.44. The normalized spacial score (nSPS) is 10.4. The molecule has 0 fully saturated rings. The minimum absolute atomic E-state index is 0.592. The Hall–Kier alpha value is -1.37. The van der Waals surface area contributed by atoms with E-state index in [4.69, 9.17) is 6.42 Å². The first-order valence-electron chi connectivity index (χ1n) is 4.80. The molecule has 2 nitrogen and oxygen atoms in total. The molecular formula is C12H12N2S. The van der Waals surface area contributed by atoms with Crippen molar-refractivity contribution in [2.75, 3.05) is 6.54 Å².